The highest BCUT2D eigenvalue weighted by atomic mass is 16.4. The molecule has 0 spiro atoms. The molecule has 0 aliphatic rings. The number of carbonyl (C=O) groups is 1. The van der Waals surface area contributed by atoms with Crippen LogP contribution >= 0.6 is 0 Å². The standard InChI is InChI=1S/C7H12O3/c1-2-3-6(4-5-8)7(9)10/h4,8H,2-3,5H2,1H3,(H,9,10). The van der Waals surface area contributed by atoms with Crippen LogP contribution in [0.5, 0.6) is 0 Å². The average molecular weight is 144 g/mol. The van der Waals surface area contributed by atoms with Crippen molar-refractivity contribution >= 4 is 5.97 Å². The SMILES string of the molecule is CCCC(=CCO)C(=O)O. The summed E-state index contributed by atoms with van der Waals surface area (Å²) < 4.78 is 0. The number of aliphatic carboxylic acids is 1. The minimum atomic E-state index is -0.934. The van der Waals surface area contributed by atoms with E-state index < -0.39 is 5.97 Å². The van der Waals surface area contributed by atoms with Gasteiger partial charge in [-0.3, -0.25) is 0 Å². The fraction of sp³-hybridized carbons (Fsp3) is 0.571. The second-order valence-electron chi connectivity index (χ2n) is 1.97. The first-order chi connectivity index (χ1) is 4.72. The van der Waals surface area contributed by atoms with Crippen LogP contribution < -0.4 is 0 Å². The molecule has 0 atom stereocenters. The first-order valence-electron chi connectivity index (χ1n) is 3.25. The van der Waals surface area contributed by atoms with Gasteiger partial charge in [-0.2, -0.15) is 0 Å². The van der Waals surface area contributed by atoms with Gasteiger partial charge >= 0.3 is 5.97 Å². The Hall–Kier alpha value is -0.830. The van der Waals surface area contributed by atoms with Crippen molar-refractivity contribution in [1.29, 1.82) is 0 Å². The van der Waals surface area contributed by atoms with E-state index in [9.17, 15) is 4.79 Å². The number of hydrogen-bond donors (Lipinski definition) is 2. The van der Waals surface area contributed by atoms with Crippen molar-refractivity contribution in [3.05, 3.63) is 11.6 Å². The molecule has 0 aromatic carbocycles. The molecule has 0 heterocycles. The summed E-state index contributed by atoms with van der Waals surface area (Å²) >= 11 is 0. The van der Waals surface area contributed by atoms with E-state index in [4.69, 9.17) is 10.2 Å². The largest absolute Gasteiger partial charge is 0.478 e. The minimum Gasteiger partial charge on any atom is -0.478 e. The van der Waals surface area contributed by atoms with Crippen LogP contribution in [0, 0.1) is 0 Å². The molecule has 0 saturated carbocycles. The van der Waals surface area contributed by atoms with Crippen LogP contribution in [0.2, 0.25) is 0 Å². The second kappa shape index (κ2) is 4.99. The molecule has 0 fully saturated rings. The van der Waals surface area contributed by atoms with Crippen LogP contribution in [0.25, 0.3) is 0 Å². The first kappa shape index (κ1) is 9.17. The fourth-order valence-electron chi connectivity index (χ4n) is 0.676. The molecule has 3 heteroatoms. The molecule has 0 aromatic heterocycles. The van der Waals surface area contributed by atoms with E-state index in [0.717, 1.165) is 6.42 Å². The van der Waals surface area contributed by atoms with Crippen molar-refractivity contribution in [2.24, 2.45) is 0 Å². The molecule has 2 N–H and O–H groups in total. The average Bonchev–Trinajstić information content (AvgIpc) is 1.87. The molecular weight excluding hydrogens is 132 g/mol. The summed E-state index contributed by atoms with van der Waals surface area (Å²) in [6.07, 6.45) is 2.64. The van der Waals surface area contributed by atoms with Crippen LogP contribution in [0.15, 0.2) is 11.6 Å². The van der Waals surface area contributed by atoms with Crippen molar-refractivity contribution in [3.8, 4) is 0 Å². The van der Waals surface area contributed by atoms with E-state index >= 15 is 0 Å². The van der Waals surface area contributed by atoms with Crippen molar-refractivity contribution in [3.63, 3.8) is 0 Å². The van der Waals surface area contributed by atoms with E-state index in [0.29, 0.717) is 12.0 Å². The predicted molar refractivity (Wildman–Crippen MR) is 37.7 cm³/mol. The lowest BCUT2D eigenvalue weighted by Gasteiger charge is -1.96. The van der Waals surface area contributed by atoms with Gasteiger partial charge in [-0.25, -0.2) is 4.79 Å². The zero-order chi connectivity index (χ0) is 7.98. The predicted octanol–water partition coefficient (Wildman–Crippen LogP) is 0.790. The lowest BCUT2D eigenvalue weighted by Crippen LogP contribution is -2.00. The van der Waals surface area contributed by atoms with E-state index in [1.54, 1.807) is 0 Å². The maximum absolute atomic E-state index is 10.3. The van der Waals surface area contributed by atoms with Gasteiger partial charge in [-0.05, 0) is 12.5 Å². The first-order valence-corrected chi connectivity index (χ1v) is 3.25. The van der Waals surface area contributed by atoms with Crippen molar-refractivity contribution in [2.45, 2.75) is 19.8 Å². The Bertz CT molecular complexity index is 138. The Morgan fingerprint density at radius 3 is 2.50 bits per heavy atom. The summed E-state index contributed by atoms with van der Waals surface area (Å²) in [6.45, 7) is 1.70. The van der Waals surface area contributed by atoms with E-state index in [1.807, 2.05) is 6.92 Å². The third kappa shape index (κ3) is 3.25. The van der Waals surface area contributed by atoms with Crippen molar-refractivity contribution in [1.82, 2.24) is 0 Å². The molecule has 0 rings (SSSR count). The summed E-state index contributed by atoms with van der Waals surface area (Å²) in [7, 11) is 0. The topological polar surface area (TPSA) is 57.5 Å². The van der Waals surface area contributed by atoms with Gasteiger partial charge in [-0.15, -0.1) is 0 Å². The molecule has 3 nitrogen and oxygen atoms in total. The molecule has 58 valence electrons. The van der Waals surface area contributed by atoms with Gasteiger partial charge in [0.1, 0.15) is 0 Å². The second-order valence-corrected chi connectivity index (χ2v) is 1.97. The Labute approximate surface area is 60.0 Å². The van der Waals surface area contributed by atoms with E-state index in [2.05, 4.69) is 0 Å². The van der Waals surface area contributed by atoms with Crippen molar-refractivity contribution in [2.75, 3.05) is 6.61 Å². The Kier molecular flexibility index (Phi) is 4.58. The third-order valence-electron chi connectivity index (χ3n) is 1.13. The smallest absolute Gasteiger partial charge is 0.331 e. The lowest BCUT2D eigenvalue weighted by atomic mass is 10.1. The van der Waals surface area contributed by atoms with E-state index in [1.165, 1.54) is 6.08 Å². The van der Waals surface area contributed by atoms with Crippen LogP contribution in [0.1, 0.15) is 19.8 Å². The Morgan fingerprint density at radius 1 is 1.60 bits per heavy atom. The highest BCUT2D eigenvalue weighted by Gasteiger charge is 2.03. The van der Waals surface area contributed by atoms with Gasteiger partial charge in [0.2, 0.25) is 0 Å². The summed E-state index contributed by atoms with van der Waals surface area (Å²) in [5, 5.41) is 16.8. The maximum atomic E-state index is 10.3. The van der Waals surface area contributed by atoms with Gasteiger partial charge in [0, 0.05) is 5.57 Å². The fourth-order valence-corrected chi connectivity index (χ4v) is 0.676. The normalized spacial score (nSPS) is 11.6. The van der Waals surface area contributed by atoms with Gasteiger partial charge in [0.05, 0.1) is 6.61 Å². The number of rotatable bonds is 4. The summed E-state index contributed by atoms with van der Waals surface area (Å²) in [6, 6.07) is 0. The van der Waals surface area contributed by atoms with Crippen LogP contribution in [0.4, 0.5) is 0 Å². The van der Waals surface area contributed by atoms with E-state index in [-0.39, 0.29) is 6.61 Å². The lowest BCUT2D eigenvalue weighted by molar-refractivity contribution is -0.132. The minimum absolute atomic E-state index is 0.193. The zero-order valence-electron chi connectivity index (χ0n) is 6.00. The van der Waals surface area contributed by atoms with Gasteiger partial charge in [-0.1, -0.05) is 13.3 Å². The highest BCUT2D eigenvalue weighted by Crippen LogP contribution is 2.03. The molecule has 0 aromatic rings. The van der Waals surface area contributed by atoms with Gasteiger partial charge < -0.3 is 10.2 Å². The van der Waals surface area contributed by atoms with Crippen LogP contribution in [-0.2, 0) is 4.79 Å². The summed E-state index contributed by atoms with van der Waals surface area (Å²) in [5.74, 6) is -0.934. The third-order valence-corrected chi connectivity index (χ3v) is 1.13. The summed E-state index contributed by atoms with van der Waals surface area (Å²) in [5.41, 5.74) is 0.296. The molecular formula is C7H12O3. The Balaban J connectivity index is 3.98. The molecule has 0 aliphatic carbocycles. The molecule has 0 amide bonds. The monoisotopic (exact) mass is 144 g/mol. The Morgan fingerprint density at radius 2 is 2.20 bits per heavy atom. The van der Waals surface area contributed by atoms with Gasteiger partial charge in [0.25, 0.3) is 0 Å². The number of carboxylic acid groups (broad SMARTS) is 1. The highest BCUT2D eigenvalue weighted by molar-refractivity contribution is 5.86. The summed E-state index contributed by atoms with van der Waals surface area (Å²) in [4.78, 5) is 10.3. The molecule has 0 saturated heterocycles. The molecule has 10 heavy (non-hydrogen) atoms. The van der Waals surface area contributed by atoms with Crippen molar-refractivity contribution < 1.29 is 15.0 Å². The number of aliphatic hydroxyl groups excluding tert-OH is 1. The quantitative estimate of drug-likeness (QED) is 0.573. The molecule has 0 aliphatic heterocycles. The number of aliphatic hydroxyl groups is 1. The number of carboxylic acids is 1. The zero-order valence-corrected chi connectivity index (χ0v) is 6.00. The van der Waals surface area contributed by atoms with Gasteiger partial charge in [0.15, 0.2) is 0 Å². The number of hydrogen-bond acceptors (Lipinski definition) is 2. The van der Waals surface area contributed by atoms with Crippen LogP contribution in [0.3, 0.4) is 0 Å². The van der Waals surface area contributed by atoms with Crippen LogP contribution in [-0.4, -0.2) is 22.8 Å². The molecule has 0 bridgehead atoms. The molecule has 0 radical (unpaired) electrons. The maximum Gasteiger partial charge on any atom is 0.331 e. The molecule has 0 unspecified atom stereocenters.